The Morgan fingerprint density at radius 3 is 2.86 bits per heavy atom. The number of halogens is 2. The normalized spacial score (nSPS) is 10.7. The van der Waals surface area contributed by atoms with Gasteiger partial charge in [-0.15, -0.1) is 0 Å². The number of aryl methyl sites for hydroxylation is 1. The number of nitrogens with one attached hydrogen (secondary N) is 1. The van der Waals surface area contributed by atoms with Crippen LogP contribution in [0.25, 0.3) is 0 Å². The maximum Gasteiger partial charge on any atom is 0.223 e. The zero-order chi connectivity index (χ0) is 15.2. The Balaban J connectivity index is 2.22. The van der Waals surface area contributed by atoms with Crippen molar-refractivity contribution in [3.8, 4) is 11.6 Å². The lowest BCUT2D eigenvalue weighted by atomic mass is 10.2. The first kappa shape index (κ1) is 15.9. The third kappa shape index (κ3) is 4.51. The first-order valence-corrected chi connectivity index (χ1v) is 7.68. The van der Waals surface area contributed by atoms with Crippen LogP contribution in [0.2, 0.25) is 0 Å². The average Bonchev–Trinajstić information content (AvgIpc) is 2.44. The molecule has 0 radical (unpaired) electrons. The van der Waals surface area contributed by atoms with Crippen molar-refractivity contribution in [2.24, 2.45) is 0 Å². The molecule has 0 unspecified atom stereocenters. The first-order chi connectivity index (χ1) is 10.1. The summed E-state index contributed by atoms with van der Waals surface area (Å²) in [4.78, 5) is 4.31. The molecule has 0 spiro atoms. The summed E-state index contributed by atoms with van der Waals surface area (Å²) in [5, 5.41) is 3.33. The number of benzene rings is 1. The lowest BCUT2D eigenvalue weighted by molar-refractivity contribution is 0.447. The van der Waals surface area contributed by atoms with E-state index in [-0.39, 0.29) is 5.82 Å². The van der Waals surface area contributed by atoms with E-state index in [0.717, 1.165) is 28.6 Å². The highest BCUT2D eigenvalue weighted by molar-refractivity contribution is 9.10. The molecule has 5 heteroatoms. The van der Waals surface area contributed by atoms with Crippen LogP contribution in [0.3, 0.4) is 0 Å². The van der Waals surface area contributed by atoms with Crippen molar-refractivity contribution in [1.82, 2.24) is 10.3 Å². The quantitative estimate of drug-likeness (QED) is 0.772. The third-order valence-corrected chi connectivity index (χ3v) is 3.41. The minimum absolute atomic E-state index is 0.270. The van der Waals surface area contributed by atoms with E-state index in [9.17, 15) is 4.39 Å². The Kier molecular flexibility index (Phi) is 5.70. The molecular weight excluding hydrogens is 335 g/mol. The Morgan fingerprint density at radius 1 is 1.33 bits per heavy atom. The van der Waals surface area contributed by atoms with E-state index in [1.807, 2.05) is 13.0 Å². The predicted molar refractivity (Wildman–Crippen MR) is 85.1 cm³/mol. The van der Waals surface area contributed by atoms with Crippen LogP contribution in [0, 0.1) is 12.7 Å². The van der Waals surface area contributed by atoms with Crippen LogP contribution in [-0.2, 0) is 6.54 Å². The molecule has 1 aromatic heterocycles. The predicted octanol–water partition coefficient (Wildman–Crippen LogP) is 4.58. The van der Waals surface area contributed by atoms with Crippen LogP contribution < -0.4 is 10.1 Å². The van der Waals surface area contributed by atoms with Crippen molar-refractivity contribution >= 4 is 15.9 Å². The van der Waals surface area contributed by atoms with E-state index < -0.39 is 0 Å². The van der Waals surface area contributed by atoms with Crippen molar-refractivity contribution in [2.75, 3.05) is 6.54 Å². The largest absolute Gasteiger partial charge is 0.438 e. The molecule has 0 aliphatic heterocycles. The fourth-order valence-corrected chi connectivity index (χ4v) is 2.30. The molecule has 0 saturated heterocycles. The third-order valence-electron chi connectivity index (χ3n) is 2.98. The van der Waals surface area contributed by atoms with Gasteiger partial charge in [-0.1, -0.05) is 6.92 Å². The van der Waals surface area contributed by atoms with Gasteiger partial charge in [-0.3, -0.25) is 0 Å². The molecule has 1 heterocycles. The molecular formula is C16H18BrFN2O. The van der Waals surface area contributed by atoms with E-state index in [1.54, 1.807) is 12.3 Å². The van der Waals surface area contributed by atoms with Gasteiger partial charge in [-0.05, 0) is 65.6 Å². The number of pyridine rings is 1. The second-order valence-corrected chi connectivity index (χ2v) is 5.72. The lowest BCUT2D eigenvalue weighted by Gasteiger charge is -2.12. The summed E-state index contributed by atoms with van der Waals surface area (Å²) in [6.45, 7) is 5.54. The van der Waals surface area contributed by atoms with E-state index >= 15 is 0 Å². The number of hydrogen-bond acceptors (Lipinski definition) is 3. The molecule has 1 N–H and O–H groups in total. The second-order valence-electron chi connectivity index (χ2n) is 4.81. The summed E-state index contributed by atoms with van der Waals surface area (Å²) >= 11 is 3.42. The summed E-state index contributed by atoms with van der Waals surface area (Å²) < 4.78 is 19.9. The van der Waals surface area contributed by atoms with Crippen LogP contribution in [-0.4, -0.2) is 11.5 Å². The molecule has 0 saturated carbocycles. The number of hydrogen-bond donors (Lipinski definition) is 1. The molecule has 3 nitrogen and oxygen atoms in total. The molecule has 0 atom stereocenters. The smallest absolute Gasteiger partial charge is 0.223 e. The molecule has 21 heavy (non-hydrogen) atoms. The molecule has 1 aromatic carbocycles. The highest BCUT2D eigenvalue weighted by Gasteiger charge is 2.09. The van der Waals surface area contributed by atoms with Gasteiger partial charge in [0, 0.05) is 22.8 Å². The van der Waals surface area contributed by atoms with Gasteiger partial charge in [0.05, 0.1) is 0 Å². The topological polar surface area (TPSA) is 34.2 Å². The summed E-state index contributed by atoms with van der Waals surface area (Å²) in [5.74, 6) is 0.882. The summed E-state index contributed by atoms with van der Waals surface area (Å²) in [5.41, 5.74) is 1.70. The molecule has 0 aliphatic carbocycles. The number of rotatable bonds is 6. The fourth-order valence-electron chi connectivity index (χ4n) is 1.92. The van der Waals surface area contributed by atoms with E-state index in [4.69, 9.17) is 4.74 Å². The van der Waals surface area contributed by atoms with Crippen LogP contribution in [0.5, 0.6) is 11.6 Å². The average molecular weight is 353 g/mol. The summed E-state index contributed by atoms with van der Waals surface area (Å²) in [6.07, 6.45) is 2.76. The van der Waals surface area contributed by atoms with Crippen LogP contribution in [0.1, 0.15) is 24.5 Å². The first-order valence-electron chi connectivity index (χ1n) is 6.89. The molecule has 2 aromatic rings. The van der Waals surface area contributed by atoms with Gasteiger partial charge in [0.15, 0.2) is 0 Å². The summed E-state index contributed by atoms with van der Waals surface area (Å²) in [6, 6.07) is 6.43. The molecule has 112 valence electrons. The maximum absolute atomic E-state index is 13.1. The number of nitrogens with zero attached hydrogens (tertiary/aromatic N) is 1. The second kappa shape index (κ2) is 7.52. The van der Waals surface area contributed by atoms with Gasteiger partial charge in [-0.2, -0.15) is 0 Å². The zero-order valence-corrected chi connectivity index (χ0v) is 13.7. The van der Waals surface area contributed by atoms with Gasteiger partial charge in [0.2, 0.25) is 5.88 Å². The highest BCUT2D eigenvalue weighted by atomic mass is 79.9. The molecule has 0 fully saturated rings. The number of ether oxygens (including phenoxy) is 1. The van der Waals surface area contributed by atoms with Crippen molar-refractivity contribution in [2.45, 2.75) is 26.8 Å². The standard InChI is InChI=1S/C16H18BrFN2O/c1-3-6-19-9-12-8-13(17)10-20-16(12)21-15-5-4-14(18)7-11(15)2/h4-5,7-8,10,19H,3,6,9H2,1-2H3. The van der Waals surface area contributed by atoms with Crippen LogP contribution >= 0.6 is 15.9 Å². The SMILES string of the molecule is CCCNCc1cc(Br)cnc1Oc1ccc(F)cc1C. The molecule has 0 amide bonds. The minimum Gasteiger partial charge on any atom is -0.438 e. The number of aromatic nitrogens is 1. The zero-order valence-electron chi connectivity index (χ0n) is 12.1. The van der Waals surface area contributed by atoms with Gasteiger partial charge in [-0.25, -0.2) is 9.37 Å². The highest BCUT2D eigenvalue weighted by Crippen LogP contribution is 2.28. The lowest BCUT2D eigenvalue weighted by Crippen LogP contribution is -2.14. The monoisotopic (exact) mass is 352 g/mol. The molecule has 0 bridgehead atoms. The Hall–Kier alpha value is -1.46. The van der Waals surface area contributed by atoms with Crippen molar-refractivity contribution in [1.29, 1.82) is 0 Å². The molecule has 0 aliphatic rings. The summed E-state index contributed by atoms with van der Waals surface area (Å²) in [7, 11) is 0. The van der Waals surface area contributed by atoms with Gasteiger partial charge >= 0.3 is 0 Å². The molecule has 2 rings (SSSR count). The van der Waals surface area contributed by atoms with Crippen molar-refractivity contribution in [3.05, 3.63) is 51.9 Å². The van der Waals surface area contributed by atoms with Crippen molar-refractivity contribution in [3.63, 3.8) is 0 Å². The van der Waals surface area contributed by atoms with Gasteiger partial charge < -0.3 is 10.1 Å². The van der Waals surface area contributed by atoms with E-state index in [2.05, 4.69) is 33.2 Å². The minimum atomic E-state index is -0.270. The van der Waals surface area contributed by atoms with E-state index in [1.165, 1.54) is 12.1 Å². The van der Waals surface area contributed by atoms with Crippen molar-refractivity contribution < 1.29 is 9.13 Å². The van der Waals surface area contributed by atoms with Crippen LogP contribution in [0.15, 0.2) is 34.9 Å². The maximum atomic E-state index is 13.1. The fraction of sp³-hybridized carbons (Fsp3) is 0.312. The Morgan fingerprint density at radius 2 is 2.14 bits per heavy atom. The van der Waals surface area contributed by atoms with E-state index in [0.29, 0.717) is 18.2 Å². The van der Waals surface area contributed by atoms with Gasteiger partial charge in [0.25, 0.3) is 0 Å². The Labute approximate surface area is 132 Å². The van der Waals surface area contributed by atoms with Crippen LogP contribution in [0.4, 0.5) is 4.39 Å². The van der Waals surface area contributed by atoms with Gasteiger partial charge in [0.1, 0.15) is 11.6 Å². The Bertz CT molecular complexity index is 619.